The molecule has 20 heavy (non-hydrogen) atoms. The van der Waals surface area contributed by atoms with Gasteiger partial charge in [-0.3, -0.25) is 10.1 Å². The molecule has 1 N–H and O–H groups in total. The van der Waals surface area contributed by atoms with Gasteiger partial charge in [0.15, 0.2) is 0 Å². The summed E-state index contributed by atoms with van der Waals surface area (Å²) in [5.74, 6) is 0.564. The molecule has 1 amide bonds. The normalized spacial score (nSPS) is 30.1. The molecule has 0 spiro atoms. The maximum absolute atomic E-state index is 13.1. The number of hydrogen-bond donors (Lipinski definition) is 1. The summed E-state index contributed by atoms with van der Waals surface area (Å²) in [6, 6.07) is 6.44. The second-order valence-corrected chi connectivity index (χ2v) is 6.18. The van der Waals surface area contributed by atoms with E-state index in [2.05, 4.69) is 5.32 Å². The van der Waals surface area contributed by atoms with Crippen LogP contribution in [0.5, 0.6) is 0 Å². The molecule has 1 aliphatic carbocycles. The largest absolute Gasteiger partial charge is 0.321 e. The third-order valence-electron chi connectivity index (χ3n) is 4.54. The van der Waals surface area contributed by atoms with Gasteiger partial charge in [-0.05, 0) is 49.8 Å². The van der Waals surface area contributed by atoms with Crippen LogP contribution in [0.25, 0.3) is 0 Å². The number of nitrogens with one attached hydrogen (secondary N) is 1. The molecule has 1 aromatic carbocycles. The Morgan fingerprint density at radius 1 is 1.35 bits per heavy atom. The predicted molar refractivity (Wildman–Crippen MR) is 75.4 cm³/mol. The number of rotatable bonds is 4. The zero-order valence-corrected chi connectivity index (χ0v) is 12.0. The molecule has 4 heteroatoms. The molecule has 1 saturated carbocycles. The summed E-state index contributed by atoms with van der Waals surface area (Å²) < 4.78 is 13.1. The highest BCUT2D eigenvalue weighted by Gasteiger charge is 2.48. The minimum atomic E-state index is -0.506. The van der Waals surface area contributed by atoms with E-state index in [0.717, 1.165) is 18.5 Å². The van der Waals surface area contributed by atoms with Gasteiger partial charge >= 0.3 is 0 Å². The molecule has 1 aliphatic heterocycles. The summed E-state index contributed by atoms with van der Waals surface area (Å²) in [6.07, 6.45) is 3.05. The van der Waals surface area contributed by atoms with Gasteiger partial charge in [0.2, 0.25) is 5.91 Å². The van der Waals surface area contributed by atoms with E-state index in [-0.39, 0.29) is 17.9 Å². The third-order valence-corrected chi connectivity index (χ3v) is 4.54. The van der Waals surface area contributed by atoms with E-state index in [1.807, 2.05) is 18.7 Å². The van der Waals surface area contributed by atoms with Crippen molar-refractivity contribution in [2.75, 3.05) is 6.54 Å². The minimum absolute atomic E-state index is 0.131. The zero-order valence-electron chi connectivity index (χ0n) is 12.0. The van der Waals surface area contributed by atoms with Crippen molar-refractivity contribution >= 4 is 5.91 Å². The van der Waals surface area contributed by atoms with Crippen molar-refractivity contribution in [1.82, 2.24) is 10.2 Å². The molecule has 2 atom stereocenters. The predicted octanol–water partition coefficient (Wildman–Crippen LogP) is 2.83. The number of carbonyl (C=O) groups is 1. The lowest BCUT2D eigenvalue weighted by Crippen LogP contribution is -2.43. The maximum Gasteiger partial charge on any atom is 0.244 e. The van der Waals surface area contributed by atoms with Crippen LogP contribution < -0.4 is 5.32 Å². The van der Waals surface area contributed by atoms with Crippen molar-refractivity contribution in [3.63, 3.8) is 0 Å². The first-order valence-corrected chi connectivity index (χ1v) is 7.38. The Hall–Kier alpha value is -1.42. The Bertz CT molecular complexity index is 512. The standard InChI is InChI=1S/C16H21FN2O/c1-3-16(2)15(20)19(10-11-4-5-11)14(18-16)12-6-8-13(17)9-7-12/h6-9,11,14,18H,3-5,10H2,1-2H3. The highest BCUT2D eigenvalue weighted by Crippen LogP contribution is 2.37. The van der Waals surface area contributed by atoms with E-state index in [1.54, 1.807) is 12.1 Å². The van der Waals surface area contributed by atoms with Crippen molar-refractivity contribution in [3.05, 3.63) is 35.6 Å². The van der Waals surface area contributed by atoms with Crippen LogP contribution in [0.2, 0.25) is 0 Å². The van der Waals surface area contributed by atoms with Crippen LogP contribution in [0.1, 0.15) is 44.8 Å². The number of nitrogens with zero attached hydrogens (tertiary/aromatic N) is 1. The molecule has 3 rings (SSSR count). The highest BCUT2D eigenvalue weighted by atomic mass is 19.1. The van der Waals surface area contributed by atoms with Gasteiger partial charge in [0.05, 0.1) is 5.54 Å². The van der Waals surface area contributed by atoms with Gasteiger partial charge in [0, 0.05) is 6.54 Å². The molecule has 1 heterocycles. The van der Waals surface area contributed by atoms with Gasteiger partial charge in [0.1, 0.15) is 12.0 Å². The first kappa shape index (κ1) is 13.6. The number of benzene rings is 1. The number of amides is 1. The average Bonchev–Trinajstić information content (AvgIpc) is 3.22. The van der Waals surface area contributed by atoms with E-state index >= 15 is 0 Å². The summed E-state index contributed by atoms with van der Waals surface area (Å²) in [5.41, 5.74) is 0.450. The minimum Gasteiger partial charge on any atom is -0.321 e. The second kappa shape index (κ2) is 4.85. The van der Waals surface area contributed by atoms with Crippen LogP contribution in [0.15, 0.2) is 24.3 Å². The Morgan fingerprint density at radius 2 is 2.00 bits per heavy atom. The van der Waals surface area contributed by atoms with Gasteiger partial charge in [-0.25, -0.2) is 4.39 Å². The van der Waals surface area contributed by atoms with Crippen molar-refractivity contribution in [2.45, 2.75) is 44.8 Å². The van der Waals surface area contributed by atoms with E-state index in [9.17, 15) is 9.18 Å². The molecule has 3 nitrogen and oxygen atoms in total. The monoisotopic (exact) mass is 276 g/mol. The Kier molecular flexibility index (Phi) is 3.28. The fourth-order valence-electron chi connectivity index (χ4n) is 2.80. The molecular weight excluding hydrogens is 255 g/mol. The van der Waals surface area contributed by atoms with Crippen LogP contribution in [0, 0.1) is 11.7 Å². The fraction of sp³-hybridized carbons (Fsp3) is 0.562. The smallest absolute Gasteiger partial charge is 0.244 e. The summed E-state index contributed by atoms with van der Waals surface area (Å²) in [7, 11) is 0. The van der Waals surface area contributed by atoms with Gasteiger partial charge in [-0.1, -0.05) is 19.1 Å². The van der Waals surface area contributed by atoms with E-state index in [4.69, 9.17) is 0 Å². The number of hydrogen-bond acceptors (Lipinski definition) is 2. The van der Waals surface area contributed by atoms with Gasteiger partial charge in [0.25, 0.3) is 0 Å². The van der Waals surface area contributed by atoms with Crippen LogP contribution in [0.3, 0.4) is 0 Å². The first-order chi connectivity index (χ1) is 9.53. The van der Waals surface area contributed by atoms with Crippen LogP contribution in [-0.4, -0.2) is 22.9 Å². The molecule has 0 radical (unpaired) electrons. The fourth-order valence-corrected chi connectivity index (χ4v) is 2.80. The van der Waals surface area contributed by atoms with Gasteiger partial charge < -0.3 is 4.90 Å². The van der Waals surface area contributed by atoms with Crippen molar-refractivity contribution in [2.24, 2.45) is 5.92 Å². The molecule has 2 fully saturated rings. The van der Waals surface area contributed by atoms with Crippen molar-refractivity contribution < 1.29 is 9.18 Å². The average molecular weight is 276 g/mol. The Labute approximate surface area is 119 Å². The SMILES string of the molecule is CCC1(C)NC(c2ccc(F)cc2)N(CC2CC2)C1=O. The van der Waals surface area contributed by atoms with Crippen LogP contribution in [0.4, 0.5) is 4.39 Å². The van der Waals surface area contributed by atoms with Crippen LogP contribution in [-0.2, 0) is 4.79 Å². The molecule has 0 bridgehead atoms. The van der Waals surface area contributed by atoms with Gasteiger partial charge in [-0.2, -0.15) is 0 Å². The first-order valence-electron chi connectivity index (χ1n) is 7.38. The Morgan fingerprint density at radius 3 is 2.55 bits per heavy atom. The molecule has 1 saturated heterocycles. The molecule has 2 aliphatic rings. The van der Waals surface area contributed by atoms with E-state index in [1.165, 1.54) is 25.0 Å². The van der Waals surface area contributed by atoms with Crippen molar-refractivity contribution in [1.29, 1.82) is 0 Å². The molecule has 2 unspecified atom stereocenters. The summed E-state index contributed by atoms with van der Waals surface area (Å²) in [5, 5.41) is 3.44. The summed E-state index contributed by atoms with van der Waals surface area (Å²) in [6.45, 7) is 4.79. The zero-order chi connectivity index (χ0) is 14.3. The lowest BCUT2D eigenvalue weighted by Gasteiger charge is -2.24. The molecule has 108 valence electrons. The summed E-state index contributed by atoms with van der Waals surface area (Å²) in [4.78, 5) is 14.6. The quantitative estimate of drug-likeness (QED) is 0.917. The second-order valence-electron chi connectivity index (χ2n) is 6.18. The van der Waals surface area contributed by atoms with Crippen molar-refractivity contribution in [3.8, 4) is 0 Å². The molecular formula is C16H21FN2O. The molecule has 0 aromatic heterocycles. The molecule has 1 aromatic rings. The number of carbonyl (C=O) groups excluding carboxylic acids is 1. The Balaban J connectivity index is 1.89. The lowest BCUT2D eigenvalue weighted by molar-refractivity contribution is -0.133. The third kappa shape index (κ3) is 2.33. The number of halogens is 1. The van der Waals surface area contributed by atoms with Crippen LogP contribution >= 0.6 is 0 Å². The van der Waals surface area contributed by atoms with E-state index < -0.39 is 5.54 Å². The van der Waals surface area contributed by atoms with Gasteiger partial charge in [-0.15, -0.1) is 0 Å². The highest BCUT2D eigenvalue weighted by molar-refractivity contribution is 5.88. The lowest BCUT2D eigenvalue weighted by atomic mass is 9.99. The summed E-state index contributed by atoms with van der Waals surface area (Å²) >= 11 is 0. The van der Waals surface area contributed by atoms with E-state index in [0.29, 0.717) is 5.92 Å². The maximum atomic E-state index is 13.1. The topological polar surface area (TPSA) is 32.3 Å².